The molecule has 3 aromatic carbocycles. The van der Waals surface area contributed by atoms with Gasteiger partial charge in [-0.25, -0.2) is 0 Å². The van der Waals surface area contributed by atoms with Gasteiger partial charge in [-0.3, -0.25) is 0 Å². The van der Waals surface area contributed by atoms with Crippen LogP contribution in [0.5, 0.6) is 5.75 Å². The molecule has 0 saturated heterocycles. The molecular weight excluding hydrogens is 436 g/mol. The van der Waals surface area contributed by atoms with Gasteiger partial charge >= 0.3 is 0 Å². The highest BCUT2D eigenvalue weighted by Gasteiger charge is 2.10. The molecule has 0 bridgehead atoms. The average molecular weight is 453 g/mol. The molecule has 0 unspecified atom stereocenters. The first kappa shape index (κ1) is 18.8. The van der Waals surface area contributed by atoms with Crippen molar-refractivity contribution in [1.29, 1.82) is 0 Å². The normalized spacial score (nSPS) is 10.8. The predicted molar refractivity (Wildman–Crippen MR) is 114 cm³/mol. The second kappa shape index (κ2) is 9.08. The van der Waals surface area contributed by atoms with Gasteiger partial charge in [-0.05, 0) is 41.0 Å². The van der Waals surface area contributed by atoms with E-state index in [1.165, 1.54) is 28.5 Å². The van der Waals surface area contributed by atoms with Gasteiger partial charge in [0.05, 0.1) is 0 Å². The van der Waals surface area contributed by atoms with Gasteiger partial charge in [0.15, 0.2) is 6.61 Å². The maximum Gasteiger partial charge on any atom is 0.277 e. The van der Waals surface area contributed by atoms with E-state index in [0.29, 0.717) is 11.1 Å². The Morgan fingerprint density at radius 2 is 1.61 bits per heavy atom. The lowest BCUT2D eigenvalue weighted by atomic mass is 10.0. The highest BCUT2D eigenvalue weighted by Crippen LogP contribution is 2.29. The molecule has 0 aliphatic rings. The van der Waals surface area contributed by atoms with E-state index >= 15 is 0 Å². The van der Waals surface area contributed by atoms with E-state index in [4.69, 9.17) is 9.15 Å². The van der Waals surface area contributed by atoms with Crippen molar-refractivity contribution in [1.82, 2.24) is 10.2 Å². The number of nitrogens with zero attached hydrogens (tertiary/aromatic N) is 2. The van der Waals surface area contributed by atoms with Crippen molar-refractivity contribution in [2.24, 2.45) is 0 Å². The second-order valence-electron chi connectivity index (χ2n) is 6.02. The van der Waals surface area contributed by atoms with Crippen LogP contribution in [0.15, 0.2) is 93.0 Å². The molecule has 0 fully saturated rings. The lowest BCUT2D eigenvalue weighted by molar-refractivity contribution is 0.252. The van der Waals surface area contributed by atoms with Crippen molar-refractivity contribution >= 4 is 27.7 Å². The van der Waals surface area contributed by atoms with Crippen LogP contribution in [0.1, 0.15) is 11.5 Å². The predicted octanol–water partition coefficient (Wildman–Crippen LogP) is 6.37. The molecule has 0 radical (unpaired) electrons. The molecule has 4 aromatic rings. The second-order valence-corrected chi connectivity index (χ2v) is 7.86. The SMILES string of the molecule is Brc1ccc(OCc2nnc(SCc3ccccc3-c3ccccc3)o2)cc1. The number of hydrogen-bond donors (Lipinski definition) is 0. The van der Waals surface area contributed by atoms with Crippen LogP contribution in [0.25, 0.3) is 11.1 Å². The lowest BCUT2D eigenvalue weighted by Gasteiger charge is -2.08. The molecule has 0 aliphatic carbocycles. The first-order chi connectivity index (χ1) is 13.8. The molecule has 6 heteroatoms. The molecule has 0 amide bonds. The summed E-state index contributed by atoms with van der Waals surface area (Å²) in [4.78, 5) is 0. The van der Waals surface area contributed by atoms with E-state index in [1.807, 2.05) is 36.4 Å². The highest BCUT2D eigenvalue weighted by atomic mass is 79.9. The zero-order valence-electron chi connectivity index (χ0n) is 14.9. The topological polar surface area (TPSA) is 48.2 Å². The maximum atomic E-state index is 5.70. The molecule has 140 valence electrons. The molecule has 4 nitrogen and oxygen atoms in total. The Kier molecular flexibility index (Phi) is 6.09. The summed E-state index contributed by atoms with van der Waals surface area (Å²) in [6, 6.07) is 26.4. The smallest absolute Gasteiger partial charge is 0.277 e. The minimum absolute atomic E-state index is 0.246. The van der Waals surface area contributed by atoms with E-state index in [9.17, 15) is 0 Å². The molecule has 0 atom stereocenters. The molecule has 4 rings (SSSR count). The summed E-state index contributed by atoms with van der Waals surface area (Å²) in [5, 5.41) is 8.73. The number of benzene rings is 3. The summed E-state index contributed by atoms with van der Waals surface area (Å²) in [6.45, 7) is 0.246. The Morgan fingerprint density at radius 3 is 2.43 bits per heavy atom. The Labute approximate surface area is 176 Å². The van der Waals surface area contributed by atoms with Gasteiger partial charge in [-0.2, -0.15) is 0 Å². The van der Waals surface area contributed by atoms with Crippen LogP contribution < -0.4 is 4.74 Å². The van der Waals surface area contributed by atoms with Crippen molar-refractivity contribution in [2.75, 3.05) is 0 Å². The number of hydrogen-bond acceptors (Lipinski definition) is 5. The van der Waals surface area contributed by atoms with Crippen molar-refractivity contribution < 1.29 is 9.15 Å². The van der Waals surface area contributed by atoms with Crippen molar-refractivity contribution in [2.45, 2.75) is 17.6 Å². The van der Waals surface area contributed by atoms with E-state index in [1.54, 1.807) is 0 Å². The van der Waals surface area contributed by atoms with Crippen LogP contribution in [0.4, 0.5) is 0 Å². The molecule has 1 aromatic heterocycles. The third kappa shape index (κ3) is 4.82. The Bertz CT molecular complexity index is 1040. The van der Waals surface area contributed by atoms with Crippen molar-refractivity contribution in [3.05, 3.63) is 94.8 Å². The number of ether oxygens (including phenoxy) is 1. The summed E-state index contributed by atoms with van der Waals surface area (Å²) in [5.41, 5.74) is 3.64. The Morgan fingerprint density at radius 1 is 0.857 bits per heavy atom. The van der Waals surface area contributed by atoms with E-state index in [-0.39, 0.29) is 6.61 Å². The maximum absolute atomic E-state index is 5.70. The van der Waals surface area contributed by atoms with Gasteiger partial charge < -0.3 is 9.15 Å². The van der Waals surface area contributed by atoms with E-state index < -0.39 is 0 Å². The standard InChI is InChI=1S/C22H17BrN2O2S/c23-18-10-12-19(13-11-18)26-14-21-24-25-22(27-21)28-15-17-8-4-5-9-20(17)16-6-2-1-3-7-16/h1-13H,14-15H2. The first-order valence-electron chi connectivity index (χ1n) is 8.75. The lowest BCUT2D eigenvalue weighted by Crippen LogP contribution is -1.95. The molecular formula is C22H17BrN2O2S. The molecule has 0 aliphatic heterocycles. The summed E-state index contributed by atoms with van der Waals surface area (Å²) in [7, 11) is 0. The van der Waals surface area contributed by atoms with Gasteiger partial charge in [0.25, 0.3) is 11.1 Å². The molecule has 28 heavy (non-hydrogen) atoms. The molecule has 1 heterocycles. The minimum atomic E-state index is 0.246. The van der Waals surface area contributed by atoms with E-state index in [2.05, 4.69) is 68.6 Å². The Balaban J connectivity index is 1.38. The van der Waals surface area contributed by atoms with Gasteiger partial charge in [-0.15, -0.1) is 10.2 Å². The fraction of sp³-hybridized carbons (Fsp3) is 0.0909. The third-order valence-electron chi connectivity index (χ3n) is 4.08. The van der Waals surface area contributed by atoms with Gasteiger partial charge in [0.1, 0.15) is 5.75 Å². The Hall–Kier alpha value is -2.57. The fourth-order valence-electron chi connectivity index (χ4n) is 2.72. The van der Waals surface area contributed by atoms with Crippen LogP contribution in [0, 0.1) is 0 Å². The quantitative estimate of drug-likeness (QED) is 0.304. The molecule has 0 spiro atoms. The summed E-state index contributed by atoms with van der Waals surface area (Å²) in [6.07, 6.45) is 0. The van der Waals surface area contributed by atoms with Crippen LogP contribution in [-0.2, 0) is 12.4 Å². The van der Waals surface area contributed by atoms with Crippen LogP contribution in [-0.4, -0.2) is 10.2 Å². The van der Waals surface area contributed by atoms with Crippen LogP contribution in [0.3, 0.4) is 0 Å². The minimum Gasteiger partial charge on any atom is -0.484 e. The summed E-state index contributed by atoms with van der Waals surface area (Å²) >= 11 is 4.93. The van der Waals surface area contributed by atoms with Crippen molar-refractivity contribution in [3.63, 3.8) is 0 Å². The van der Waals surface area contributed by atoms with Crippen molar-refractivity contribution in [3.8, 4) is 16.9 Å². The van der Waals surface area contributed by atoms with E-state index in [0.717, 1.165) is 16.0 Å². The average Bonchev–Trinajstić information content (AvgIpc) is 3.21. The number of rotatable bonds is 7. The number of thioether (sulfide) groups is 1. The van der Waals surface area contributed by atoms with Gasteiger partial charge in [0.2, 0.25) is 0 Å². The van der Waals surface area contributed by atoms with Crippen LogP contribution in [0.2, 0.25) is 0 Å². The first-order valence-corrected chi connectivity index (χ1v) is 10.5. The number of halogens is 1. The third-order valence-corrected chi connectivity index (χ3v) is 5.47. The number of aromatic nitrogens is 2. The molecule has 0 saturated carbocycles. The van der Waals surface area contributed by atoms with Gasteiger partial charge in [0, 0.05) is 10.2 Å². The fourth-order valence-corrected chi connectivity index (χ4v) is 3.76. The van der Waals surface area contributed by atoms with Gasteiger partial charge in [-0.1, -0.05) is 82.3 Å². The molecule has 0 N–H and O–H groups in total. The van der Waals surface area contributed by atoms with Crippen LogP contribution >= 0.6 is 27.7 Å². The highest BCUT2D eigenvalue weighted by molar-refractivity contribution is 9.10. The largest absolute Gasteiger partial charge is 0.484 e. The monoisotopic (exact) mass is 452 g/mol. The summed E-state index contributed by atoms with van der Waals surface area (Å²) < 4.78 is 12.4. The summed E-state index contributed by atoms with van der Waals surface area (Å²) in [5.74, 6) is 1.97. The zero-order chi connectivity index (χ0) is 19.2. The zero-order valence-corrected chi connectivity index (χ0v) is 17.3.